The molecule has 0 fully saturated rings. The number of nitriles is 2. The van der Waals surface area contributed by atoms with Crippen LogP contribution < -0.4 is 5.73 Å². The first-order valence-electron chi connectivity index (χ1n) is 7.05. The molecule has 1 aromatic carbocycles. The van der Waals surface area contributed by atoms with Gasteiger partial charge < -0.3 is 15.3 Å². The number of nitrogens with two attached hydrogens (primary N) is 1. The van der Waals surface area contributed by atoms with Crippen molar-refractivity contribution in [3.63, 3.8) is 0 Å². The molecule has 0 saturated heterocycles. The van der Waals surface area contributed by atoms with E-state index >= 15 is 0 Å². The van der Waals surface area contributed by atoms with Crippen molar-refractivity contribution in [2.45, 2.75) is 0 Å². The Morgan fingerprint density at radius 1 is 1.08 bits per heavy atom. The number of nitrogen functional groups attached to an aromatic ring is 1. The van der Waals surface area contributed by atoms with Gasteiger partial charge in [-0.2, -0.15) is 10.5 Å². The number of H-pyrrole nitrogens is 1. The van der Waals surface area contributed by atoms with Gasteiger partial charge in [0.15, 0.2) is 17.0 Å². The van der Waals surface area contributed by atoms with Gasteiger partial charge in [-0.3, -0.25) is 0 Å². The van der Waals surface area contributed by atoms with Crippen molar-refractivity contribution >= 4 is 28.0 Å². The highest BCUT2D eigenvalue weighted by Crippen LogP contribution is 2.34. The average Bonchev–Trinajstić information content (AvgIpc) is 3.13. The molecule has 8 heteroatoms. The number of imidazole rings is 1. The topological polar surface area (TPSA) is 133 Å². The third-order valence-corrected chi connectivity index (χ3v) is 3.89. The van der Waals surface area contributed by atoms with Gasteiger partial charge in [-0.1, -0.05) is 12.1 Å². The largest absolute Gasteiger partial charge is 0.384 e. The number of hydrogen-bond acceptors (Lipinski definition) is 6. The number of fused-ring (bicyclic) bond motifs is 2. The molecule has 3 heterocycles. The highest BCUT2D eigenvalue weighted by Gasteiger charge is 2.22. The second-order valence-electron chi connectivity index (χ2n) is 5.24. The number of rotatable bonds is 1. The summed E-state index contributed by atoms with van der Waals surface area (Å²) in [5.41, 5.74) is 9.24. The number of anilines is 1. The molecule has 8 nitrogen and oxygen atoms in total. The number of aromatic nitrogens is 5. The maximum absolute atomic E-state index is 9.20. The molecule has 3 aromatic heterocycles. The van der Waals surface area contributed by atoms with E-state index < -0.39 is 0 Å². The Labute approximate surface area is 135 Å². The lowest BCUT2D eigenvalue weighted by molar-refractivity contribution is 0.954. The van der Waals surface area contributed by atoms with E-state index in [4.69, 9.17) is 11.0 Å². The molecule has 24 heavy (non-hydrogen) atoms. The number of benzene rings is 1. The lowest BCUT2D eigenvalue weighted by Gasteiger charge is -1.97. The number of nitrogens with zero attached hydrogens (tertiary/aromatic N) is 6. The van der Waals surface area contributed by atoms with Crippen molar-refractivity contribution in [2.24, 2.45) is 7.05 Å². The van der Waals surface area contributed by atoms with Crippen LogP contribution in [0.4, 0.5) is 5.82 Å². The van der Waals surface area contributed by atoms with E-state index in [0.29, 0.717) is 28.4 Å². The Bertz CT molecular complexity index is 1170. The molecule has 0 aliphatic rings. The zero-order valence-electron chi connectivity index (χ0n) is 12.6. The molecule has 0 aliphatic heterocycles. The van der Waals surface area contributed by atoms with E-state index in [1.807, 2.05) is 36.4 Å². The van der Waals surface area contributed by atoms with Crippen LogP contribution in [0.25, 0.3) is 33.6 Å². The second-order valence-corrected chi connectivity index (χ2v) is 5.24. The molecular formula is C16H10N8. The minimum absolute atomic E-state index is 0.0262. The van der Waals surface area contributed by atoms with Crippen molar-refractivity contribution in [3.05, 3.63) is 35.7 Å². The standard InChI is InChI=1S/C16H10N8/c1-24-14(19)12(15-21-8-4-2-3-5-9(8)22-15)13-16(24)23-11(7-18)10(6-17)20-13/h2-5H,19H2,1H3,(H,21,22). The van der Waals surface area contributed by atoms with Gasteiger partial charge in [0.25, 0.3) is 0 Å². The predicted molar refractivity (Wildman–Crippen MR) is 87.4 cm³/mol. The number of hydrogen-bond donors (Lipinski definition) is 2. The summed E-state index contributed by atoms with van der Waals surface area (Å²) in [5, 5.41) is 18.3. The summed E-state index contributed by atoms with van der Waals surface area (Å²) in [6.07, 6.45) is 0. The normalized spacial score (nSPS) is 10.8. The summed E-state index contributed by atoms with van der Waals surface area (Å²) in [5.74, 6) is 0.949. The van der Waals surface area contributed by atoms with Crippen LogP contribution in [0.3, 0.4) is 0 Å². The third kappa shape index (κ3) is 1.74. The Hall–Kier alpha value is -3.91. The minimum Gasteiger partial charge on any atom is -0.384 e. The number of nitrogens with one attached hydrogen (secondary N) is 1. The van der Waals surface area contributed by atoms with Crippen molar-refractivity contribution in [1.82, 2.24) is 24.5 Å². The fourth-order valence-corrected chi connectivity index (χ4v) is 2.69. The van der Waals surface area contributed by atoms with Gasteiger partial charge in [0.1, 0.15) is 29.3 Å². The van der Waals surface area contributed by atoms with Gasteiger partial charge in [0.05, 0.1) is 16.6 Å². The fraction of sp³-hybridized carbons (Fsp3) is 0.0625. The van der Waals surface area contributed by atoms with E-state index in [0.717, 1.165) is 11.0 Å². The van der Waals surface area contributed by atoms with E-state index in [9.17, 15) is 5.26 Å². The molecule has 0 aliphatic carbocycles. The van der Waals surface area contributed by atoms with Gasteiger partial charge in [0, 0.05) is 7.05 Å². The Kier molecular flexibility index (Phi) is 2.74. The van der Waals surface area contributed by atoms with E-state index in [-0.39, 0.29) is 11.4 Å². The lowest BCUT2D eigenvalue weighted by atomic mass is 10.2. The Morgan fingerprint density at radius 2 is 1.79 bits per heavy atom. The van der Waals surface area contributed by atoms with E-state index in [1.54, 1.807) is 11.6 Å². The molecular weight excluding hydrogens is 304 g/mol. The molecule has 0 atom stereocenters. The van der Waals surface area contributed by atoms with Crippen LogP contribution in [0.15, 0.2) is 24.3 Å². The molecule has 0 saturated carbocycles. The van der Waals surface area contributed by atoms with Crippen LogP contribution in [0.2, 0.25) is 0 Å². The number of aromatic amines is 1. The monoisotopic (exact) mass is 314 g/mol. The Balaban J connectivity index is 2.10. The van der Waals surface area contributed by atoms with Crippen LogP contribution in [-0.2, 0) is 7.05 Å². The second kappa shape index (κ2) is 4.80. The van der Waals surface area contributed by atoms with Gasteiger partial charge in [-0.25, -0.2) is 15.0 Å². The molecule has 0 bridgehead atoms. The van der Waals surface area contributed by atoms with Crippen molar-refractivity contribution in [2.75, 3.05) is 5.73 Å². The van der Waals surface area contributed by atoms with E-state index in [2.05, 4.69) is 19.9 Å². The molecule has 114 valence electrons. The zero-order chi connectivity index (χ0) is 16.8. The highest BCUT2D eigenvalue weighted by atomic mass is 15.1. The van der Waals surface area contributed by atoms with Crippen LogP contribution in [0.5, 0.6) is 0 Å². The quantitative estimate of drug-likeness (QED) is 0.550. The smallest absolute Gasteiger partial charge is 0.179 e. The minimum atomic E-state index is -0.0343. The van der Waals surface area contributed by atoms with Gasteiger partial charge in [0.2, 0.25) is 0 Å². The van der Waals surface area contributed by atoms with Crippen LogP contribution in [0.1, 0.15) is 11.4 Å². The van der Waals surface area contributed by atoms with Crippen LogP contribution >= 0.6 is 0 Å². The van der Waals surface area contributed by atoms with Gasteiger partial charge in [-0.05, 0) is 12.1 Å². The number of para-hydroxylation sites is 2. The first kappa shape index (κ1) is 13.7. The SMILES string of the molecule is Cn1c(N)c(-c2nc3ccccc3[nH]2)c2nc(C#N)c(C#N)nc21. The van der Waals surface area contributed by atoms with E-state index in [1.165, 1.54) is 0 Å². The summed E-state index contributed by atoms with van der Waals surface area (Å²) in [4.78, 5) is 16.3. The Morgan fingerprint density at radius 3 is 2.50 bits per heavy atom. The third-order valence-electron chi connectivity index (χ3n) is 3.89. The fourth-order valence-electron chi connectivity index (χ4n) is 2.69. The summed E-state index contributed by atoms with van der Waals surface area (Å²) < 4.78 is 1.63. The highest BCUT2D eigenvalue weighted by molar-refractivity contribution is 5.98. The van der Waals surface area contributed by atoms with Gasteiger partial charge >= 0.3 is 0 Å². The molecule has 0 unspecified atom stereocenters. The molecule has 4 aromatic rings. The zero-order valence-corrected chi connectivity index (χ0v) is 12.6. The van der Waals surface area contributed by atoms with Crippen molar-refractivity contribution in [3.8, 4) is 23.5 Å². The average molecular weight is 314 g/mol. The molecule has 0 radical (unpaired) electrons. The maximum Gasteiger partial charge on any atom is 0.179 e. The van der Waals surface area contributed by atoms with Gasteiger partial charge in [-0.15, -0.1) is 0 Å². The lowest BCUT2D eigenvalue weighted by Crippen LogP contribution is -1.99. The molecule has 0 spiro atoms. The van der Waals surface area contributed by atoms with Crippen molar-refractivity contribution in [1.29, 1.82) is 10.5 Å². The summed E-state index contributed by atoms with van der Waals surface area (Å²) in [7, 11) is 1.73. The summed E-state index contributed by atoms with van der Waals surface area (Å²) in [6.45, 7) is 0. The first-order chi connectivity index (χ1) is 11.6. The number of aryl methyl sites for hydroxylation is 1. The predicted octanol–water partition coefficient (Wildman–Crippen LogP) is 1.84. The molecule has 3 N–H and O–H groups in total. The first-order valence-corrected chi connectivity index (χ1v) is 7.05. The van der Waals surface area contributed by atoms with Crippen molar-refractivity contribution < 1.29 is 0 Å². The maximum atomic E-state index is 9.20. The molecule has 0 amide bonds. The molecule has 4 rings (SSSR count). The summed E-state index contributed by atoms with van der Waals surface area (Å²) in [6, 6.07) is 11.4. The summed E-state index contributed by atoms with van der Waals surface area (Å²) >= 11 is 0. The van der Waals surface area contributed by atoms with Crippen LogP contribution in [0, 0.1) is 22.7 Å². The van der Waals surface area contributed by atoms with Crippen LogP contribution in [-0.4, -0.2) is 24.5 Å².